The lowest BCUT2D eigenvalue weighted by Crippen LogP contribution is -2.29. The molecule has 2 N–H and O–H groups in total. The van der Waals surface area contributed by atoms with Crippen LogP contribution in [0.3, 0.4) is 0 Å². The van der Waals surface area contributed by atoms with E-state index in [1.165, 1.54) is 0 Å². The maximum atomic E-state index is 11.4. The largest absolute Gasteiger partial charge is 0.369 e. The lowest BCUT2D eigenvalue weighted by atomic mass is 9.90. The van der Waals surface area contributed by atoms with Gasteiger partial charge in [-0.25, -0.2) is 9.97 Å². The van der Waals surface area contributed by atoms with E-state index in [0.717, 1.165) is 30.3 Å². The Labute approximate surface area is 133 Å². The van der Waals surface area contributed by atoms with Crippen LogP contribution in [-0.4, -0.2) is 29.0 Å². The third-order valence-corrected chi connectivity index (χ3v) is 4.07. The van der Waals surface area contributed by atoms with Crippen molar-refractivity contribution in [1.82, 2.24) is 9.97 Å². The van der Waals surface area contributed by atoms with Crippen LogP contribution in [0.15, 0.2) is 6.07 Å². The van der Waals surface area contributed by atoms with Gasteiger partial charge in [-0.3, -0.25) is 4.79 Å². The average Bonchev–Trinajstić information content (AvgIpc) is 2.85. The second-order valence-corrected chi connectivity index (χ2v) is 8.27. The van der Waals surface area contributed by atoms with Crippen LogP contribution in [0.25, 0.3) is 0 Å². The summed E-state index contributed by atoms with van der Waals surface area (Å²) >= 11 is 0. The number of carbonyl (C=O) groups excluding carboxylic acids is 1. The van der Waals surface area contributed by atoms with Crippen LogP contribution in [0.4, 0.5) is 5.82 Å². The summed E-state index contributed by atoms with van der Waals surface area (Å²) in [5.74, 6) is 1.46. The van der Waals surface area contributed by atoms with Crippen LogP contribution in [-0.2, 0) is 15.6 Å². The van der Waals surface area contributed by atoms with Crippen LogP contribution >= 0.6 is 0 Å². The predicted octanol–water partition coefficient (Wildman–Crippen LogP) is 2.38. The lowest BCUT2D eigenvalue weighted by molar-refractivity contribution is -0.121. The topological polar surface area (TPSA) is 72.1 Å². The number of aromatic nitrogens is 2. The number of nitrogens with zero attached hydrogens (tertiary/aromatic N) is 3. The standard InChI is InChI=1S/C17H28N4O/c1-16(2,3)12-9-13(20-15(19-12)17(4,5)6)21-8-7-11(10-21)14(18)22/h9,11H,7-8,10H2,1-6H3,(H2,18,22)/t11-/m0/s1. The fourth-order valence-corrected chi connectivity index (χ4v) is 2.52. The number of nitrogens with two attached hydrogens (primary N) is 1. The highest BCUT2D eigenvalue weighted by molar-refractivity contribution is 5.78. The molecule has 1 fully saturated rings. The van der Waals surface area contributed by atoms with Gasteiger partial charge in [0.1, 0.15) is 11.6 Å². The molecule has 122 valence electrons. The number of rotatable bonds is 2. The van der Waals surface area contributed by atoms with E-state index < -0.39 is 0 Å². The van der Waals surface area contributed by atoms with Gasteiger partial charge in [0, 0.05) is 30.0 Å². The molecule has 2 rings (SSSR count). The van der Waals surface area contributed by atoms with Crippen molar-refractivity contribution in [3.05, 3.63) is 17.6 Å². The molecule has 1 aliphatic rings. The SMILES string of the molecule is CC(C)(C)c1cc(N2CC[C@H](C(N)=O)C2)nc(C(C)(C)C)n1. The summed E-state index contributed by atoms with van der Waals surface area (Å²) in [7, 11) is 0. The number of primary amides is 1. The Balaban J connectivity index is 2.41. The zero-order valence-corrected chi connectivity index (χ0v) is 14.6. The van der Waals surface area contributed by atoms with Gasteiger partial charge in [0.05, 0.1) is 11.6 Å². The Morgan fingerprint density at radius 1 is 1.18 bits per heavy atom. The van der Waals surface area contributed by atoms with Gasteiger partial charge >= 0.3 is 0 Å². The van der Waals surface area contributed by atoms with E-state index in [0.29, 0.717) is 6.54 Å². The van der Waals surface area contributed by atoms with E-state index in [-0.39, 0.29) is 22.7 Å². The number of anilines is 1. The highest BCUT2D eigenvalue weighted by atomic mass is 16.1. The van der Waals surface area contributed by atoms with Gasteiger partial charge in [0.25, 0.3) is 0 Å². The molecule has 1 atom stereocenters. The van der Waals surface area contributed by atoms with E-state index >= 15 is 0 Å². The van der Waals surface area contributed by atoms with Crippen molar-refractivity contribution in [2.45, 2.75) is 58.8 Å². The highest BCUT2D eigenvalue weighted by Crippen LogP contribution is 2.30. The summed E-state index contributed by atoms with van der Waals surface area (Å²) in [6.45, 7) is 14.3. The second kappa shape index (κ2) is 5.52. The van der Waals surface area contributed by atoms with Crippen molar-refractivity contribution >= 4 is 11.7 Å². The summed E-state index contributed by atoms with van der Waals surface area (Å²) in [5.41, 5.74) is 6.32. The molecule has 0 aromatic carbocycles. The fraction of sp³-hybridized carbons (Fsp3) is 0.706. The van der Waals surface area contributed by atoms with Gasteiger partial charge in [-0.15, -0.1) is 0 Å². The van der Waals surface area contributed by atoms with Gasteiger partial charge in [-0.1, -0.05) is 41.5 Å². The van der Waals surface area contributed by atoms with E-state index in [2.05, 4.69) is 52.5 Å². The molecule has 0 spiro atoms. The van der Waals surface area contributed by atoms with Crippen molar-refractivity contribution in [1.29, 1.82) is 0 Å². The van der Waals surface area contributed by atoms with Crippen LogP contribution < -0.4 is 10.6 Å². The number of amides is 1. The molecule has 1 aromatic rings. The van der Waals surface area contributed by atoms with Crippen LogP contribution in [0, 0.1) is 5.92 Å². The first-order chi connectivity index (χ1) is 9.98. The predicted molar refractivity (Wildman–Crippen MR) is 88.9 cm³/mol. The quantitative estimate of drug-likeness (QED) is 0.910. The molecule has 0 bridgehead atoms. The summed E-state index contributed by atoms with van der Waals surface area (Å²) in [6, 6.07) is 2.05. The minimum atomic E-state index is -0.219. The zero-order valence-electron chi connectivity index (χ0n) is 14.6. The highest BCUT2D eigenvalue weighted by Gasteiger charge is 2.30. The number of hydrogen-bond acceptors (Lipinski definition) is 4. The lowest BCUT2D eigenvalue weighted by Gasteiger charge is -2.26. The monoisotopic (exact) mass is 304 g/mol. The summed E-state index contributed by atoms with van der Waals surface area (Å²) in [6.07, 6.45) is 0.801. The van der Waals surface area contributed by atoms with Gasteiger partial charge in [0.2, 0.25) is 5.91 Å². The van der Waals surface area contributed by atoms with Gasteiger partial charge in [-0.2, -0.15) is 0 Å². The maximum absolute atomic E-state index is 11.4. The smallest absolute Gasteiger partial charge is 0.222 e. The molecule has 1 amide bonds. The second-order valence-electron chi connectivity index (χ2n) is 8.27. The Hall–Kier alpha value is -1.65. The normalized spacial score (nSPS) is 19.5. The Morgan fingerprint density at radius 2 is 1.82 bits per heavy atom. The Kier molecular flexibility index (Phi) is 4.20. The molecule has 0 aliphatic carbocycles. The van der Waals surface area contributed by atoms with Crippen LogP contribution in [0.1, 0.15) is 59.5 Å². The average molecular weight is 304 g/mol. The maximum Gasteiger partial charge on any atom is 0.222 e. The van der Waals surface area contributed by atoms with Gasteiger partial charge < -0.3 is 10.6 Å². The molecule has 22 heavy (non-hydrogen) atoms. The van der Waals surface area contributed by atoms with Crippen molar-refractivity contribution in [3.63, 3.8) is 0 Å². The molecule has 1 saturated heterocycles. The Morgan fingerprint density at radius 3 is 2.27 bits per heavy atom. The summed E-state index contributed by atoms with van der Waals surface area (Å²) in [5, 5.41) is 0. The molecule has 2 heterocycles. The van der Waals surface area contributed by atoms with Crippen molar-refractivity contribution in [2.75, 3.05) is 18.0 Å². The van der Waals surface area contributed by atoms with E-state index in [9.17, 15) is 4.79 Å². The van der Waals surface area contributed by atoms with Crippen molar-refractivity contribution in [2.24, 2.45) is 11.7 Å². The molecule has 5 nitrogen and oxygen atoms in total. The molecule has 0 radical (unpaired) electrons. The van der Waals surface area contributed by atoms with Gasteiger partial charge in [0.15, 0.2) is 0 Å². The summed E-state index contributed by atoms with van der Waals surface area (Å²) < 4.78 is 0. The van der Waals surface area contributed by atoms with Crippen molar-refractivity contribution < 1.29 is 4.79 Å². The first kappa shape index (κ1) is 16.7. The third-order valence-electron chi connectivity index (χ3n) is 4.07. The molecular formula is C17H28N4O. The van der Waals surface area contributed by atoms with E-state index in [1.807, 2.05) is 0 Å². The zero-order chi connectivity index (χ0) is 16.7. The molecular weight excluding hydrogens is 276 g/mol. The first-order valence-corrected chi connectivity index (χ1v) is 7.93. The fourth-order valence-electron chi connectivity index (χ4n) is 2.52. The number of carbonyl (C=O) groups is 1. The molecule has 0 saturated carbocycles. The van der Waals surface area contributed by atoms with E-state index in [4.69, 9.17) is 15.7 Å². The minimum Gasteiger partial charge on any atom is -0.369 e. The molecule has 1 aromatic heterocycles. The third kappa shape index (κ3) is 3.57. The van der Waals surface area contributed by atoms with Crippen LogP contribution in [0.5, 0.6) is 0 Å². The summed E-state index contributed by atoms with van der Waals surface area (Å²) in [4.78, 5) is 23.1. The minimum absolute atomic E-state index is 0.0412. The van der Waals surface area contributed by atoms with Crippen molar-refractivity contribution in [3.8, 4) is 0 Å². The molecule has 5 heteroatoms. The first-order valence-electron chi connectivity index (χ1n) is 7.93. The number of hydrogen-bond donors (Lipinski definition) is 1. The molecule has 1 aliphatic heterocycles. The van der Waals surface area contributed by atoms with Crippen LogP contribution in [0.2, 0.25) is 0 Å². The Bertz CT molecular complexity index is 537. The van der Waals surface area contributed by atoms with E-state index in [1.54, 1.807) is 0 Å². The van der Waals surface area contributed by atoms with Gasteiger partial charge in [-0.05, 0) is 6.42 Å². The molecule has 0 unspecified atom stereocenters.